The molecule has 0 aliphatic carbocycles. The molecule has 0 saturated carbocycles. The minimum atomic E-state index is 0.621. The number of hydrogen-bond donors (Lipinski definition) is 0. The molecule has 3 heterocycles. The van der Waals surface area contributed by atoms with Gasteiger partial charge in [0.05, 0.1) is 10.9 Å². The molecule has 0 aliphatic rings. The Balaban J connectivity index is 1.20. The van der Waals surface area contributed by atoms with Crippen LogP contribution in [0.5, 0.6) is 0 Å². The second kappa shape index (κ2) is 11.2. The Morgan fingerprint density at radius 2 is 0.851 bits per heavy atom. The summed E-state index contributed by atoms with van der Waals surface area (Å²) in [4.78, 5) is 19.8. The largest absolute Gasteiger partial charge is 0.454 e. The Kier molecular flexibility index (Phi) is 6.39. The monoisotopic (exact) mass is 602 g/mol. The van der Waals surface area contributed by atoms with E-state index >= 15 is 0 Å². The average Bonchev–Trinajstić information content (AvgIpc) is 3.53. The highest BCUT2D eigenvalue weighted by Crippen LogP contribution is 2.42. The van der Waals surface area contributed by atoms with E-state index in [2.05, 4.69) is 72.8 Å². The number of furan rings is 1. The summed E-state index contributed by atoms with van der Waals surface area (Å²) in [6.07, 6.45) is 0. The van der Waals surface area contributed by atoms with Crippen LogP contribution in [-0.4, -0.2) is 19.9 Å². The molecule has 0 bridgehead atoms. The molecule has 5 nitrogen and oxygen atoms in total. The van der Waals surface area contributed by atoms with E-state index in [0.717, 1.165) is 71.9 Å². The van der Waals surface area contributed by atoms with Gasteiger partial charge in [0, 0.05) is 27.6 Å². The molecule has 0 unspecified atom stereocenters. The lowest BCUT2D eigenvalue weighted by molar-refractivity contribution is 0.670. The number of pyridine rings is 1. The minimum Gasteiger partial charge on any atom is -0.454 e. The van der Waals surface area contributed by atoms with Crippen LogP contribution in [0.2, 0.25) is 0 Å². The first kappa shape index (κ1) is 26.9. The first-order valence-electron chi connectivity index (χ1n) is 15.6. The van der Waals surface area contributed by atoms with Crippen LogP contribution in [0.4, 0.5) is 0 Å². The van der Waals surface area contributed by atoms with Crippen LogP contribution in [0.15, 0.2) is 162 Å². The third-order valence-electron chi connectivity index (χ3n) is 8.53. The van der Waals surface area contributed by atoms with Crippen molar-refractivity contribution in [1.82, 2.24) is 19.9 Å². The van der Waals surface area contributed by atoms with Crippen LogP contribution >= 0.6 is 0 Å². The zero-order valence-electron chi connectivity index (χ0n) is 25.2. The van der Waals surface area contributed by atoms with E-state index in [4.69, 9.17) is 24.4 Å². The van der Waals surface area contributed by atoms with Gasteiger partial charge >= 0.3 is 0 Å². The number of nitrogens with zero attached hydrogens (tertiary/aromatic N) is 4. The van der Waals surface area contributed by atoms with Crippen LogP contribution < -0.4 is 0 Å². The molecule has 0 atom stereocenters. The average molecular weight is 603 g/mol. The van der Waals surface area contributed by atoms with Crippen molar-refractivity contribution in [1.29, 1.82) is 0 Å². The molecule has 5 heteroatoms. The van der Waals surface area contributed by atoms with E-state index in [1.807, 2.05) is 84.9 Å². The van der Waals surface area contributed by atoms with Gasteiger partial charge in [-0.3, -0.25) is 0 Å². The normalized spacial score (nSPS) is 11.4. The molecule has 0 saturated heterocycles. The zero-order valence-corrected chi connectivity index (χ0v) is 25.2. The highest BCUT2D eigenvalue weighted by Gasteiger charge is 2.19. The molecule has 0 amide bonds. The summed E-state index contributed by atoms with van der Waals surface area (Å²) in [5.74, 6) is 1.90. The summed E-state index contributed by atoms with van der Waals surface area (Å²) >= 11 is 0. The van der Waals surface area contributed by atoms with Gasteiger partial charge in [0.15, 0.2) is 23.1 Å². The molecule has 9 rings (SSSR count). The fourth-order valence-corrected chi connectivity index (χ4v) is 6.21. The van der Waals surface area contributed by atoms with E-state index < -0.39 is 0 Å². The molecular weight excluding hydrogens is 576 g/mol. The van der Waals surface area contributed by atoms with Crippen molar-refractivity contribution < 1.29 is 4.42 Å². The van der Waals surface area contributed by atoms with Gasteiger partial charge in [0.25, 0.3) is 0 Å². The van der Waals surface area contributed by atoms with Gasteiger partial charge in [-0.15, -0.1) is 0 Å². The van der Waals surface area contributed by atoms with Crippen molar-refractivity contribution in [3.63, 3.8) is 0 Å². The summed E-state index contributed by atoms with van der Waals surface area (Å²) < 4.78 is 6.62. The number of aromatic nitrogens is 4. The number of para-hydroxylation sites is 1. The quantitative estimate of drug-likeness (QED) is 0.196. The summed E-state index contributed by atoms with van der Waals surface area (Å²) in [7, 11) is 0. The van der Waals surface area contributed by atoms with E-state index in [0.29, 0.717) is 17.5 Å². The van der Waals surface area contributed by atoms with Crippen LogP contribution in [0.1, 0.15) is 0 Å². The fourth-order valence-electron chi connectivity index (χ4n) is 6.21. The second-order valence-electron chi connectivity index (χ2n) is 11.5. The van der Waals surface area contributed by atoms with Crippen LogP contribution in [0, 0.1) is 0 Å². The fraction of sp³-hybridized carbons (Fsp3) is 0. The molecule has 3 aromatic heterocycles. The van der Waals surface area contributed by atoms with E-state index in [1.54, 1.807) is 0 Å². The van der Waals surface area contributed by atoms with Crippen molar-refractivity contribution >= 4 is 33.0 Å². The standard InChI is InChI=1S/C42H26N4O/c1-4-12-27(13-5-1)34-25-24-33(37-38-36(47-39(34)37)26-32-18-10-11-19-35(32)43-38)28-20-22-31(23-21-28)42-45-40(29-14-6-2-7-15-29)44-41(46-42)30-16-8-3-9-17-30/h1-26H. The zero-order chi connectivity index (χ0) is 31.2. The second-order valence-corrected chi connectivity index (χ2v) is 11.5. The SMILES string of the molecule is c1ccc(-c2nc(-c3ccccc3)nc(-c3ccc(-c4ccc(-c5ccccc5)c5oc6cc7ccccc7nc6c45)cc3)n2)cc1. The highest BCUT2D eigenvalue weighted by molar-refractivity contribution is 6.16. The number of rotatable bonds is 5. The van der Waals surface area contributed by atoms with Gasteiger partial charge in [-0.1, -0.05) is 140 Å². The predicted octanol–water partition coefficient (Wildman–Crippen LogP) is 10.7. The molecule has 0 N–H and O–H groups in total. The molecule has 0 spiro atoms. The Morgan fingerprint density at radius 1 is 0.383 bits per heavy atom. The Bertz CT molecular complexity index is 2490. The maximum absolute atomic E-state index is 6.62. The third-order valence-corrected chi connectivity index (χ3v) is 8.53. The Morgan fingerprint density at radius 3 is 1.47 bits per heavy atom. The van der Waals surface area contributed by atoms with Crippen molar-refractivity contribution in [3.8, 4) is 56.4 Å². The maximum Gasteiger partial charge on any atom is 0.164 e. The molecule has 47 heavy (non-hydrogen) atoms. The van der Waals surface area contributed by atoms with Gasteiger partial charge < -0.3 is 4.42 Å². The first-order valence-corrected chi connectivity index (χ1v) is 15.6. The van der Waals surface area contributed by atoms with E-state index in [9.17, 15) is 0 Å². The smallest absolute Gasteiger partial charge is 0.164 e. The van der Waals surface area contributed by atoms with Gasteiger partial charge in [0.1, 0.15) is 11.1 Å². The molecule has 0 aliphatic heterocycles. The molecule has 0 radical (unpaired) electrons. The van der Waals surface area contributed by atoms with Gasteiger partial charge in [-0.25, -0.2) is 19.9 Å². The molecular formula is C42H26N4O. The maximum atomic E-state index is 6.62. The summed E-state index contributed by atoms with van der Waals surface area (Å²) in [6.45, 7) is 0. The Hall–Kier alpha value is -6.46. The van der Waals surface area contributed by atoms with Crippen molar-refractivity contribution in [2.75, 3.05) is 0 Å². The highest BCUT2D eigenvalue weighted by atomic mass is 16.3. The number of hydrogen-bond acceptors (Lipinski definition) is 5. The topological polar surface area (TPSA) is 64.7 Å². The lowest BCUT2D eigenvalue weighted by Gasteiger charge is -2.10. The number of benzene rings is 6. The van der Waals surface area contributed by atoms with Crippen molar-refractivity contribution in [2.45, 2.75) is 0 Å². The summed E-state index contributed by atoms with van der Waals surface area (Å²) in [5.41, 5.74) is 10.4. The third kappa shape index (κ3) is 4.82. The number of fused-ring (bicyclic) bond motifs is 4. The van der Waals surface area contributed by atoms with Gasteiger partial charge in [-0.2, -0.15) is 0 Å². The van der Waals surface area contributed by atoms with E-state index in [1.165, 1.54) is 0 Å². The first-order chi connectivity index (χ1) is 23.3. The Labute approximate surface area is 270 Å². The molecule has 6 aromatic carbocycles. The van der Waals surface area contributed by atoms with Gasteiger partial charge in [-0.05, 0) is 34.9 Å². The summed E-state index contributed by atoms with van der Waals surface area (Å²) in [5, 5.41) is 2.05. The van der Waals surface area contributed by atoms with Crippen LogP contribution in [-0.2, 0) is 0 Å². The van der Waals surface area contributed by atoms with Crippen molar-refractivity contribution in [2.24, 2.45) is 0 Å². The van der Waals surface area contributed by atoms with Crippen molar-refractivity contribution in [3.05, 3.63) is 158 Å². The molecule has 220 valence electrons. The minimum absolute atomic E-state index is 0.621. The molecule has 0 fully saturated rings. The van der Waals surface area contributed by atoms with Gasteiger partial charge in [0.2, 0.25) is 0 Å². The lowest BCUT2D eigenvalue weighted by Crippen LogP contribution is -2.00. The summed E-state index contributed by atoms with van der Waals surface area (Å²) in [6, 6.07) is 53.4. The van der Waals surface area contributed by atoms with E-state index in [-0.39, 0.29) is 0 Å². The lowest BCUT2D eigenvalue weighted by atomic mass is 9.95. The van der Waals surface area contributed by atoms with Crippen LogP contribution in [0.3, 0.4) is 0 Å². The molecule has 9 aromatic rings. The van der Waals surface area contributed by atoms with Crippen LogP contribution in [0.25, 0.3) is 89.4 Å². The predicted molar refractivity (Wildman–Crippen MR) is 190 cm³/mol.